The van der Waals surface area contributed by atoms with Crippen molar-refractivity contribution in [2.45, 2.75) is 13.0 Å². The number of halogens is 2. The molecule has 0 spiro atoms. The maximum atomic E-state index is 12.2. The number of rotatable bonds is 5. The van der Waals surface area contributed by atoms with Crippen molar-refractivity contribution in [3.05, 3.63) is 64.1 Å². The maximum absolute atomic E-state index is 12.2. The Morgan fingerprint density at radius 2 is 1.86 bits per heavy atom. The molecular weight excluding hydrogens is 319 g/mol. The van der Waals surface area contributed by atoms with E-state index in [9.17, 15) is 4.79 Å². The Kier molecular flexibility index (Phi) is 5.69. The number of para-hydroxylation sites is 1. The molecule has 0 bridgehead atoms. The SMILES string of the molecule is CC(NC(=O)CN(C)c1ccccc1)c1ccc(Cl)cc1Cl. The van der Waals surface area contributed by atoms with Crippen molar-refractivity contribution >= 4 is 34.8 Å². The van der Waals surface area contributed by atoms with E-state index in [-0.39, 0.29) is 18.5 Å². The Labute approximate surface area is 140 Å². The van der Waals surface area contributed by atoms with Crippen LogP contribution in [0.1, 0.15) is 18.5 Å². The molecule has 1 atom stereocenters. The first kappa shape index (κ1) is 16.7. The summed E-state index contributed by atoms with van der Waals surface area (Å²) in [5, 5.41) is 4.08. The van der Waals surface area contributed by atoms with Gasteiger partial charge in [-0.15, -0.1) is 0 Å². The lowest BCUT2D eigenvalue weighted by Crippen LogP contribution is -2.36. The molecule has 5 heteroatoms. The van der Waals surface area contributed by atoms with Gasteiger partial charge in [0, 0.05) is 22.8 Å². The predicted molar refractivity (Wildman–Crippen MR) is 92.7 cm³/mol. The number of carbonyl (C=O) groups excluding carboxylic acids is 1. The van der Waals surface area contributed by atoms with Crippen LogP contribution >= 0.6 is 23.2 Å². The second-order valence-corrected chi connectivity index (χ2v) is 5.99. The van der Waals surface area contributed by atoms with Gasteiger partial charge in [-0.05, 0) is 36.8 Å². The fourth-order valence-electron chi connectivity index (χ4n) is 2.21. The average Bonchev–Trinajstić information content (AvgIpc) is 2.47. The van der Waals surface area contributed by atoms with Crippen LogP contribution in [0.3, 0.4) is 0 Å². The molecule has 1 amide bonds. The smallest absolute Gasteiger partial charge is 0.239 e. The van der Waals surface area contributed by atoms with Gasteiger partial charge in [0.2, 0.25) is 5.91 Å². The van der Waals surface area contributed by atoms with Crippen LogP contribution < -0.4 is 10.2 Å². The third-order valence-corrected chi connectivity index (χ3v) is 3.95. The van der Waals surface area contributed by atoms with Crippen molar-refractivity contribution in [2.24, 2.45) is 0 Å². The van der Waals surface area contributed by atoms with E-state index >= 15 is 0 Å². The number of hydrogen-bond donors (Lipinski definition) is 1. The molecule has 2 aromatic carbocycles. The van der Waals surface area contributed by atoms with E-state index in [4.69, 9.17) is 23.2 Å². The summed E-state index contributed by atoms with van der Waals surface area (Å²) in [6, 6.07) is 14.9. The van der Waals surface area contributed by atoms with Gasteiger partial charge in [0.15, 0.2) is 0 Å². The highest BCUT2D eigenvalue weighted by Crippen LogP contribution is 2.26. The molecule has 0 aliphatic heterocycles. The predicted octanol–water partition coefficient (Wildman–Crippen LogP) is 4.31. The number of likely N-dealkylation sites (N-methyl/N-ethyl adjacent to an activating group) is 1. The van der Waals surface area contributed by atoms with Crippen LogP contribution in [0.2, 0.25) is 10.0 Å². The lowest BCUT2D eigenvalue weighted by atomic mass is 10.1. The molecular formula is C17H18Cl2N2O. The van der Waals surface area contributed by atoms with Crippen molar-refractivity contribution in [1.29, 1.82) is 0 Å². The quantitative estimate of drug-likeness (QED) is 0.882. The number of hydrogen-bond acceptors (Lipinski definition) is 2. The molecule has 2 aromatic rings. The van der Waals surface area contributed by atoms with Crippen LogP contribution in [0.4, 0.5) is 5.69 Å². The summed E-state index contributed by atoms with van der Waals surface area (Å²) in [4.78, 5) is 14.1. The first-order valence-corrected chi connectivity index (χ1v) is 7.73. The van der Waals surface area contributed by atoms with Crippen LogP contribution in [0.25, 0.3) is 0 Å². The zero-order chi connectivity index (χ0) is 16.1. The molecule has 22 heavy (non-hydrogen) atoms. The molecule has 0 aromatic heterocycles. The van der Waals surface area contributed by atoms with Gasteiger partial charge in [-0.3, -0.25) is 4.79 Å². The van der Waals surface area contributed by atoms with E-state index in [1.54, 1.807) is 12.1 Å². The summed E-state index contributed by atoms with van der Waals surface area (Å²) < 4.78 is 0. The molecule has 0 saturated heterocycles. The highest BCUT2D eigenvalue weighted by molar-refractivity contribution is 6.35. The molecule has 1 unspecified atom stereocenters. The highest BCUT2D eigenvalue weighted by Gasteiger charge is 2.14. The Morgan fingerprint density at radius 1 is 1.18 bits per heavy atom. The van der Waals surface area contributed by atoms with Gasteiger partial charge in [0.1, 0.15) is 0 Å². The van der Waals surface area contributed by atoms with Crippen molar-refractivity contribution in [1.82, 2.24) is 5.32 Å². The van der Waals surface area contributed by atoms with E-state index in [0.29, 0.717) is 10.0 Å². The number of nitrogens with zero attached hydrogens (tertiary/aromatic N) is 1. The Hall–Kier alpha value is -1.71. The zero-order valence-electron chi connectivity index (χ0n) is 12.5. The highest BCUT2D eigenvalue weighted by atomic mass is 35.5. The van der Waals surface area contributed by atoms with Gasteiger partial charge in [-0.25, -0.2) is 0 Å². The minimum Gasteiger partial charge on any atom is -0.365 e. The summed E-state index contributed by atoms with van der Waals surface area (Å²) in [5.41, 5.74) is 1.84. The second-order valence-electron chi connectivity index (χ2n) is 5.15. The Balaban J connectivity index is 1.96. The molecule has 0 heterocycles. The van der Waals surface area contributed by atoms with Crippen LogP contribution in [-0.4, -0.2) is 19.5 Å². The minimum atomic E-state index is -0.179. The minimum absolute atomic E-state index is 0.0649. The topological polar surface area (TPSA) is 32.3 Å². The van der Waals surface area contributed by atoms with E-state index in [2.05, 4.69) is 5.32 Å². The van der Waals surface area contributed by atoms with Crippen LogP contribution in [0.5, 0.6) is 0 Å². The van der Waals surface area contributed by atoms with Crippen molar-refractivity contribution < 1.29 is 4.79 Å². The summed E-state index contributed by atoms with van der Waals surface area (Å²) in [7, 11) is 1.88. The van der Waals surface area contributed by atoms with Gasteiger partial charge in [-0.2, -0.15) is 0 Å². The first-order valence-electron chi connectivity index (χ1n) is 6.98. The molecule has 1 N–H and O–H groups in total. The molecule has 2 rings (SSSR count). The summed E-state index contributed by atoms with van der Waals surface area (Å²) in [5.74, 6) is -0.0649. The largest absolute Gasteiger partial charge is 0.365 e. The van der Waals surface area contributed by atoms with E-state index in [0.717, 1.165) is 11.3 Å². The third kappa shape index (κ3) is 4.39. The van der Waals surface area contributed by atoms with Gasteiger partial charge in [0.25, 0.3) is 0 Å². The number of amides is 1. The lowest BCUT2D eigenvalue weighted by Gasteiger charge is -2.21. The molecule has 0 aliphatic carbocycles. The van der Waals surface area contributed by atoms with Crippen molar-refractivity contribution in [3.63, 3.8) is 0 Å². The normalized spacial score (nSPS) is 11.8. The summed E-state index contributed by atoms with van der Waals surface area (Å²) >= 11 is 12.0. The summed E-state index contributed by atoms with van der Waals surface area (Å²) in [6.45, 7) is 2.18. The molecule has 116 valence electrons. The fourth-order valence-corrected chi connectivity index (χ4v) is 2.78. The van der Waals surface area contributed by atoms with Crippen LogP contribution in [0, 0.1) is 0 Å². The molecule has 0 aliphatic rings. The lowest BCUT2D eigenvalue weighted by molar-refractivity contribution is -0.120. The first-order chi connectivity index (χ1) is 10.5. The van der Waals surface area contributed by atoms with E-state index in [1.807, 2.05) is 55.3 Å². The molecule has 0 saturated carbocycles. The molecule has 0 radical (unpaired) electrons. The van der Waals surface area contributed by atoms with Crippen molar-refractivity contribution in [3.8, 4) is 0 Å². The van der Waals surface area contributed by atoms with Gasteiger partial charge in [0.05, 0.1) is 12.6 Å². The molecule has 3 nitrogen and oxygen atoms in total. The Morgan fingerprint density at radius 3 is 2.50 bits per heavy atom. The van der Waals surface area contributed by atoms with E-state index in [1.165, 1.54) is 0 Å². The fraction of sp³-hybridized carbons (Fsp3) is 0.235. The van der Waals surface area contributed by atoms with E-state index < -0.39 is 0 Å². The van der Waals surface area contributed by atoms with Gasteiger partial charge in [-0.1, -0.05) is 47.5 Å². The van der Waals surface area contributed by atoms with Gasteiger partial charge < -0.3 is 10.2 Å². The number of anilines is 1. The maximum Gasteiger partial charge on any atom is 0.239 e. The standard InChI is InChI=1S/C17H18Cl2N2O/c1-12(15-9-8-13(18)10-16(15)19)20-17(22)11-21(2)14-6-4-3-5-7-14/h3-10,12H,11H2,1-2H3,(H,20,22). The zero-order valence-corrected chi connectivity index (χ0v) is 14.0. The number of nitrogens with one attached hydrogen (secondary N) is 1. The van der Waals surface area contributed by atoms with Crippen LogP contribution in [0.15, 0.2) is 48.5 Å². The second kappa shape index (κ2) is 7.52. The Bertz CT molecular complexity index is 646. The van der Waals surface area contributed by atoms with Crippen LogP contribution in [-0.2, 0) is 4.79 Å². The van der Waals surface area contributed by atoms with Crippen molar-refractivity contribution in [2.75, 3.05) is 18.5 Å². The third-order valence-electron chi connectivity index (χ3n) is 3.38. The average molecular weight is 337 g/mol. The summed E-state index contributed by atoms with van der Waals surface area (Å²) in [6.07, 6.45) is 0. The van der Waals surface area contributed by atoms with Gasteiger partial charge >= 0.3 is 0 Å². The monoisotopic (exact) mass is 336 g/mol. The molecule has 0 fully saturated rings. The number of benzene rings is 2. The number of carbonyl (C=O) groups is 1.